The van der Waals surface area contributed by atoms with E-state index in [1.165, 1.54) is 12.4 Å². The number of hydrogen-bond donors (Lipinski definition) is 2. The van der Waals surface area contributed by atoms with Crippen LogP contribution in [0.25, 0.3) is 16.3 Å². The minimum absolute atomic E-state index is 0.0924. The van der Waals surface area contributed by atoms with Crippen molar-refractivity contribution < 1.29 is 17.2 Å². The number of sulfonamides is 1. The fraction of sp³-hybridized carbons (Fsp3) is 0.550. The first kappa shape index (κ1) is 22.6. The third-order valence-electron chi connectivity index (χ3n) is 6.00. The van der Waals surface area contributed by atoms with Crippen molar-refractivity contribution >= 4 is 32.7 Å². The largest absolute Gasteiger partial charge is 0.365 e. The highest BCUT2D eigenvalue weighted by Crippen LogP contribution is 2.37. The molecule has 1 saturated heterocycles. The Morgan fingerprint density at radius 1 is 1.24 bits per heavy atom. The smallest absolute Gasteiger partial charge is 0.291 e. The fourth-order valence-electron chi connectivity index (χ4n) is 4.21. The summed E-state index contributed by atoms with van der Waals surface area (Å²) in [6, 6.07) is 2.04. The van der Waals surface area contributed by atoms with E-state index in [0.29, 0.717) is 30.1 Å². The maximum absolute atomic E-state index is 13.3. The second-order valence-electron chi connectivity index (χ2n) is 9.18. The van der Waals surface area contributed by atoms with Crippen molar-refractivity contribution in [3.8, 4) is 10.7 Å². The molecular formula is C20H25F2N7O2S2. The molecule has 5 rings (SSSR count). The van der Waals surface area contributed by atoms with E-state index in [1.807, 2.05) is 6.92 Å². The van der Waals surface area contributed by atoms with E-state index in [1.54, 1.807) is 10.5 Å². The standard InChI is InChI=1S/C20H25F2N7O2S2/c1-11-8-28(9-12(2)24-11)14-6-13(33(30,31)27-20(3)4-5-20)10-29-15(7-23-17(14)29)18-25-26-19(32-18)16(21)22/h6-7,10-12,16,24,27H,4-5,8-9H2,1-3H3/t11-,12-/m0/s1. The lowest BCUT2D eigenvalue weighted by Crippen LogP contribution is -2.54. The van der Waals surface area contributed by atoms with Crippen molar-refractivity contribution in [1.29, 1.82) is 0 Å². The number of anilines is 1. The van der Waals surface area contributed by atoms with Gasteiger partial charge in [0.25, 0.3) is 6.43 Å². The maximum Gasteiger partial charge on any atom is 0.291 e. The second-order valence-corrected chi connectivity index (χ2v) is 11.9. The van der Waals surface area contributed by atoms with Gasteiger partial charge in [-0.05, 0) is 39.7 Å². The van der Waals surface area contributed by atoms with Gasteiger partial charge in [-0.15, -0.1) is 10.2 Å². The minimum atomic E-state index is -3.81. The van der Waals surface area contributed by atoms with Gasteiger partial charge in [0.2, 0.25) is 10.0 Å². The van der Waals surface area contributed by atoms with Crippen molar-refractivity contribution in [3.63, 3.8) is 0 Å². The summed E-state index contributed by atoms with van der Waals surface area (Å²) in [6.45, 7) is 7.36. The van der Waals surface area contributed by atoms with Crippen molar-refractivity contribution in [2.24, 2.45) is 0 Å². The van der Waals surface area contributed by atoms with Crippen LogP contribution in [-0.2, 0) is 10.0 Å². The van der Waals surface area contributed by atoms with E-state index in [9.17, 15) is 17.2 Å². The number of halogens is 2. The highest BCUT2D eigenvalue weighted by molar-refractivity contribution is 7.89. The molecule has 9 nitrogen and oxygen atoms in total. The first-order valence-electron chi connectivity index (χ1n) is 10.7. The summed E-state index contributed by atoms with van der Waals surface area (Å²) in [5.74, 6) is 0. The monoisotopic (exact) mass is 497 g/mol. The van der Waals surface area contributed by atoms with Gasteiger partial charge in [0.15, 0.2) is 15.7 Å². The van der Waals surface area contributed by atoms with Crippen LogP contribution in [0.1, 0.15) is 45.0 Å². The lowest BCUT2D eigenvalue weighted by atomic mass is 10.1. The molecule has 33 heavy (non-hydrogen) atoms. The van der Waals surface area contributed by atoms with Crippen LogP contribution < -0.4 is 14.9 Å². The number of nitrogens with zero attached hydrogens (tertiary/aromatic N) is 5. The predicted molar refractivity (Wildman–Crippen MR) is 121 cm³/mol. The molecule has 0 spiro atoms. The molecule has 2 N–H and O–H groups in total. The third-order valence-corrected chi connectivity index (χ3v) is 8.56. The number of imidazole rings is 1. The predicted octanol–water partition coefficient (Wildman–Crippen LogP) is 2.81. The van der Waals surface area contributed by atoms with Crippen LogP contribution in [0.15, 0.2) is 23.4 Å². The number of fused-ring (bicyclic) bond motifs is 1. The Hall–Kier alpha value is -2.22. The summed E-state index contributed by atoms with van der Waals surface area (Å²) >= 11 is 0.767. The molecule has 3 aromatic heterocycles. The van der Waals surface area contributed by atoms with E-state index in [0.717, 1.165) is 24.2 Å². The van der Waals surface area contributed by atoms with Crippen LogP contribution in [0.4, 0.5) is 14.5 Å². The topological polar surface area (TPSA) is 105 Å². The third kappa shape index (κ3) is 4.34. The van der Waals surface area contributed by atoms with Gasteiger partial charge in [-0.25, -0.2) is 26.9 Å². The number of alkyl halides is 2. The molecule has 0 unspecified atom stereocenters. The van der Waals surface area contributed by atoms with Crippen molar-refractivity contribution in [2.45, 2.75) is 62.6 Å². The zero-order valence-electron chi connectivity index (χ0n) is 18.4. The Labute approximate surface area is 194 Å². The Bertz CT molecular complexity index is 1290. The van der Waals surface area contributed by atoms with Gasteiger partial charge in [0, 0.05) is 36.9 Å². The summed E-state index contributed by atoms with van der Waals surface area (Å²) in [5.41, 5.74) is 1.19. The molecule has 0 aromatic carbocycles. The molecule has 0 amide bonds. The number of pyridine rings is 1. The van der Waals surface area contributed by atoms with Crippen molar-refractivity contribution in [2.75, 3.05) is 18.0 Å². The average molecular weight is 498 g/mol. The first-order valence-corrected chi connectivity index (χ1v) is 13.0. The number of aromatic nitrogens is 4. The van der Waals surface area contributed by atoms with Gasteiger partial charge in [0.1, 0.15) is 10.6 Å². The van der Waals surface area contributed by atoms with Crippen LogP contribution in [0.3, 0.4) is 0 Å². The van der Waals surface area contributed by atoms with Crippen molar-refractivity contribution in [3.05, 3.63) is 23.5 Å². The van der Waals surface area contributed by atoms with Gasteiger partial charge < -0.3 is 10.2 Å². The molecule has 178 valence electrons. The normalized spacial score (nSPS) is 22.9. The summed E-state index contributed by atoms with van der Waals surface area (Å²) in [7, 11) is -3.81. The summed E-state index contributed by atoms with van der Waals surface area (Å²) < 4.78 is 57.1. The van der Waals surface area contributed by atoms with E-state index in [2.05, 4.69) is 44.0 Å². The number of nitrogens with one attached hydrogen (secondary N) is 2. The van der Waals surface area contributed by atoms with E-state index in [4.69, 9.17) is 0 Å². The van der Waals surface area contributed by atoms with Crippen molar-refractivity contribution in [1.82, 2.24) is 29.6 Å². The number of piperazine rings is 1. The molecule has 2 atom stereocenters. The average Bonchev–Trinajstić information content (AvgIpc) is 3.14. The maximum atomic E-state index is 13.3. The van der Waals surface area contributed by atoms with E-state index >= 15 is 0 Å². The summed E-state index contributed by atoms with van der Waals surface area (Å²) in [5, 5.41) is 10.8. The quantitative estimate of drug-likeness (QED) is 0.540. The highest BCUT2D eigenvalue weighted by Gasteiger charge is 2.41. The number of rotatable bonds is 6. The molecule has 0 radical (unpaired) electrons. The van der Waals surface area contributed by atoms with Gasteiger partial charge in [-0.3, -0.25) is 4.40 Å². The molecule has 1 saturated carbocycles. The van der Waals surface area contributed by atoms with Crippen LogP contribution in [0.2, 0.25) is 0 Å². The summed E-state index contributed by atoms with van der Waals surface area (Å²) in [6.07, 6.45) is 1.84. The molecular weight excluding hydrogens is 472 g/mol. The Morgan fingerprint density at radius 3 is 2.55 bits per heavy atom. The highest BCUT2D eigenvalue weighted by atomic mass is 32.2. The van der Waals surface area contributed by atoms with E-state index < -0.39 is 27.0 Å². The Morgan fingerprint density at radius 2 is 1.94 bits per heavy atom. The second kappa shape index (κ2) is 7.93. The molecule has 4 heterocycles. The molecule has 3 aromatic rings. The molecule has 2 fully saturated rings. The van der Waals surface area contributed by atoms with Crippen LogP contribution in [-0.4, -0.2) is 58.7 Å². The fourth-order valence-corrected chi connectivity index (χ4v) is 6.39. The van der Waals surface area contributed by atoms with Crippen LogP contribution in [0, 0.1) is 0 Å². The Kier molecular flexibility index (Phi) is 5.42. The van der Waals surface area contributed by atoms with Gasteiger partial charge in [-0.1, -0.05) is 11.3 Å². The molecule has 1 aliphatic carbocycles. The minimum Gasteiger partial charge on any atom is -0.365 e. The van der Waals surface area contributed by atoms with Crippen LogP contribution >= 0.6 is 11.3 Å². The molecule has 13 heteroatoms. The molecule has 1 aliphatic heterocycles. The molecule has 0 bridgehead atoms. The first-order chi connectivity index (χ1) is 15.5. The zero-order chi connectivity index (χ0) is 23.5. The lowest BCUT2D eigenvalue weighted by molar-refractivity contribution is 0.150. The molecule has 2 aliphatic rings. The van der Waals surface area contributed by atoms with Crippen LogP contribution in [0.5, 0.6) is 0 Å². The number of hydrogen-bond acceptors (Lipinski definition) is 8. The Balaban J connectivity index is 1.67. The van der Waals surface area contributed by atoms with Gasteiger partial charge in [0.05, 0.1) is 11.9 Å². The SMILES string of the molecule is C[C@H]1CN(c2cc(S(=O)(=O)NC3(C)CC3)cn3c(-c4nnc(C(F)F)s4)cnc23)C[C@H](C)N1. The van der Waals surface area contributed by atoms with Gasteiger partial charge >= 0.3 is 0 Å². The van der Waals surface area contributed by atoms with E-state index in [-0.39, 0.29) is 22.0 Å². The summed E-state index contributed by atoms with van der Waals surface area (Å²) in [4.78, 5) is 6.73. The van der Waals surface area contributed by atoms with Gasteiger partial charge in [-0.2, -0.15) is 0 Å². The lowest BCUT2D eigenvalue weighted by Gasteiger charge is -2.37. The zero-order valence-corrected chi connectivity index (χ0v) is 20.1.